The molecule has 5 nitrogen and oxygen atoms in total. The molecule has 0 bridgehead atoms. The Morgan fingerprint density at radius 1 is 1.21 bits per heavy atom. The molecule has 2 N–H and O–H groups in total. The largest absolute Gasteiger partial charge is 0.344 e. The van der Waals surface area contributed by atoms with E-state index in [0.717, 1.165) is 0 Å². The van der Waals surface area contributed by atoms with Crippen molar-refractivity contribution in [1.82, 2.24) is 5.32 Å². The highest BCUT2D eigenvalue weighted by Gasteiger charge is 2.22. The molecule has 2 amide bonds. The van der Waals surface area contributed by atoms with E-state index in [9.17, 15) is 9.59 Å². The Morgan fingerprint density at radius 2 is 1.79 bits per heavy atom. The summed E-state index contributed by atoms with van der Waals surface area (Å²) in [6.07, 6.45) is 0. The standard InChI is InChI=1S/C14H17N3O2/c1-9(2)13(16-10(3)18)14(19)17-12-6-4-11(8-15)5-7-12/h4-7,9,13H,1-3H3,(H,16,18)(H,17,19)/t13-/m0/s1. The van der Waals surface area contributed by atoms with E-state index >= 15 is 0 Å². The molecular weight excluding hydrogens is 242 g/mol. The lowest BCUT2D eigenvalue weighted by atomic mass is 10.0. The van der Waals surface area contributed by atoms with Crippen LogP contribution in [0.25, 0.3) is 0 Å². The second-order valence-electron chi connectivity index (χ2n) is 4.60. The molecule has 0 spiro atoms. The summed E-state index contributed by atoms with van der Waals surface area (Å²) in [6, 6.07) is 7.98. The van der Waals surface area contributed by atoms with Gasteiger partial charge in [-0.15, -0.1) is 0 Å². The van der Waals surface area contributed by atoms with Gasteiger partial charge >= 0.3 is 0 Å². The predicted molar refractivity (Wildman–Crippen MR) is 72.2 cm³/mol. The molecule has 0 heterocycles. The van der Waals surface area contributed by atoms with Gasteiger partial charge < -0.3 is 10.6 Å². The molecule has 0 aromatic heterocycles. The number of benzene rings is 1. The molecule has 100 valence electrons. The lowest BCUT2D eigenvalue weighted by molar-refractivity contribution is -0.126. The highest BCUT2D eigenvalue weighted by molar-refractivity contribution is 5.97. The summed E-state index contributed by atoms with van der Waals surface area (Å²) in [6.45, 7) is 5.10. The molecule has 0 fully saturated rings. The number of amides is 2. The van der Waals surface area contributed by atoms with Crippen molar-refractivity contribution in [3.05, 3.63) is 29.8 Å². The maximum absolute atomic E-state index is 12.1. The summed E-state index contributed by atoms with van der Waals surface area (Å²) in [5.41, 5.74) is 1.13. The van der Waals surface area contributed by atoms with E-state index in [4.69, 9.17) is 5.26 Å². The Hall–Kier alpha value is -2.35. The van der Waals surface area contributed by atoms with E-state index in [2.05, 4.69) is 10.6 Å². The van der Waals surface area contributed by atoms with Gasteiger partial charge in [-0.05, 0) is 30.2 Å². The molecule has 1 aromatic carbocycles. The van der Waals surface area contributed by atoms with Crippen molar-refractivity contribution in [2.24, 2.45) is 5.92 Å². The molecule has 5 heteroatoms. The van der Waals surface area contributed by atoms with Gasteiger partial charge in [-0.25, -0.2) is 0 Å². The second-order valence-corrected chi connectivity index (χ2v) is 4.60. The summed E-state index contributed by atoms with van der Waals surface area (Å²) in [5, 5.41) is 14.0. The fraction of sp³-hybridized carbons (Fsp3) is 0.357. The number of anilines is 1. The summed E-state index contributed by atoms with van der Waals surface area (Å²) < 4.78 is 0. The number of nitriles is 1. The molecule has 0 aliphatic heterocycles. The minimum Gasteiger partial charge on any atom is -0.344 e. The van der Waals surface area contributed by atoms with Crippen LogP contribution in [0.3, 0.4) is 0 Å². The smallest absolute Gasteiger partial charge is 0.247 e. The molecule has 0 unspecified atom stereocenters. The van der Waals surface area contributed by atoms with Crippen molar-refractivity contribution < 1.29 is 9.59 Å². The molecule has 0 saturated carbocycles. The topological polar surface area (TPSA) is 82.0 Å². The van der Waals surface area contributed by atoms with Crippen LogP contribution in [0.15, 0.2) is 24.3 Å². The van der Waals surface area contributed by atoms with E-state index < -0.39 is 6.04 Å². The van der Waals surface area contributed by atoms with E-state index in [1.807, 2.05) is 19.9 Å². The lowest BCUT2D eigenvalue weighted by Crippen LogP contribution is -2.46. The van der Waals surface area contributed by atoms with E-state index in [0.29, 0.717) is 11.3 Å². The third kappa shape index (κ3) is 4.43. The zero-order valence-electron chi connectivity index (χ0n) is 11.2. The highest BCUT2D eigenvalue weighted by Crippen LogP contribution is 2.11. The Morgan fingerprint density at radius 3 is 2.21 bits per heavy atom. The number of carbonyl (C=O) groups excluding carboxylic acids is 2. The van der Waals surface area contributed by atoms with Gasteiger partial charge in [0.05, 0.1) is 11.6 Å². The monoisotopic (exact) mass is 259 g/mol. The van der Waals surface area contributed by atoms with Crippen LogP contribution in [0, 0.1) is 17.2 Å². The highest BCUT2D eigenvalue weighted by atomic mass is 16.2. The third-order valence-corrected chi connectivity index (χ3v) is 2.59. The van der Waals surface area contributed by atoms with E-state index in [1.54, 1.807) is 24.3 Å². The minimum absolute atomic E-state index is 0.0118. The maximum Gasteiger partial charge on any atom is 0.247 e. The summed E-state index contributed by atoms with van der Waals surface area (Å²) in [4.78, 5) is 23.1. The third-order valence-electron chi connectivity index (χ3n) is 2.59. The molecule has 0 radical (unpaired) electrons. The predicted octanol–water partition coefficient (Wildman–Crippen LogP) is 1.66. The Labute approximate surface area is 112 Å². The molecular formula is C14H17N3O2. The number of nitrogens with zero attached hydrogens (tertiary/aromatic N) is 1. The molecule has 1 rings (SSSR count). The zero-order chi connectivity index (χ0) is 14.4. The first-order valence-corrected chi connectivity index (χ1v) is 6.02. The normalized spacial score (nSPS) is 11.5. The Balaban J connectivity index is 2.75. The van der Waals surface area contributed by atoms with Crippen molar-refractivity contribution in [2.45, 2.75) is 26.8 Å². The van der Waals surface area contributed by atoms with Crippen LogP contribution in [-0.2, 0) is 9.59 Å². The van der Waals surface area contributed by atoms with Crippen LogP contribution in [0.5, 0.6) is 0 Å². The average Bonchev–Trinajstić information content (AvgIpc) is 2.36. The molecule has 1 atom stereocenters. The minimum atomic E-state index is -0.576. The van der Waals surface area contributed by atoms with Crippen molar-refractivity contribution in [2.75, 3.05) is 5.32 Å². The first-order chi connectivity index (χ1) is 8.93. The summed E-state index contributed by atoms with van der Waals surface area (Å²) in [5.74, 6) is -0.522. The van der Waals surface area contributed by atoms with Gasteiger partial charge in [0.15, 0.2) is 0 Å². The number of nitrogens with one attached hydrogen (secondary N) is 2. The lowest BCUT2D eigenvalue weighted by Gasteiger charge is -2.20. The summed E-state index contributed by atoms with van der Waals surface area (Å²) >= 11 is 0. The first-order valence-electron chi connectivity index (χ1n) is 6.02. The van der Waals surface area contributed by atoms with Crippen molar-refractivity contribution >= 4 is 17.5 Å². The van der Waals surface area contributed by atoms with Crippen molar-refractivity contribution in [3.8, 4) is 6.07 Å². The summed E-state index contributed by atoms with van der Waals surface area (Å²) in [7, 11) is 0. The van der Waals surface area contributed by atoms with E-state index in [-0.39, 0.29) is 17.7 Å². The molecule has 0 aliphatic carbocycles. The molecule has 0 aliphatic rings. The van der Waals surface area contributed by atoms with Gasteiger partial charge in [-0.2, -0.15) is 5.26 Å². The SMILES string of the molecule is CC(=O)N[C@H](C(=O)Nc1ccc(C#N)cc1)C(C)C. The molecule has 1 aromatic rings. The van der Waals surface area contributed by atoms with Gasteiger partial charge in [-0.3, -0.25) is 9.59 Å². The number of carbonyl (C=O) groups is 2. The van der Waals surface area contributed by atoms with Crippen LogP contribution in [0.2, 0.25) is 0 Å². The number of rotatable bonds is 4. The first kappa shape index (κ1) is 14.7. The number of hydrogen-bond acceptors (Lipinski definition) is 3. The van der Waals surface area contributed by atoms with Crippen LogP contribution in [-0.4, -0.2) is 17.9 Å². The zero-order valence-corrected chi connectivity index (χ0v) is 11.2. The van der Waals surface area contributed by atoms with Gasteiger partial charge in [0.1, 0.15) is 6.04 Å². The molecule has 19 heavy (non-hydrogen) atoms. The Kier molecular flexibility index (Phi) is 5.07. The maximum atomic E-state index is 12.1. The van der Waals surface area contributed by atoms with Crippen LogP contribution in [0.4, 0.5) is 5.69 Å². The quantitative estimate of drug-likeness (QED) is 0.862. The fourth-order valence-corrected chi connectivity index (χ4v) is 1.60. The number of hydrogen-bond donors (Lipinski definition) is 2. The second kappa shape index (κ2) is 6.55. The van der Waals surface area contributed by atoms with Gasteiger partial charge in [0.25, 0.3) is 0 Å². The van der Waals surface area contributed by atoms with Crippen molar-refractivity contribution in [3.63, 3.8) is 0 Å². The van der Waals surface area contributed by atoms with Gasteiger partial charge in [0, 0.05) is 12.6 Å². The van der Waals surface area contributed by atoms with Crippen LogP contribution >= 0.6 is 0 Å². The average molecular weight is 259 g/mol. The van der Waals surface area contributed by atoms with Crippen molar-refractivity contribution in [1.29, 1.82) is 5.26 Å². The molecule has 0 saturated heterocycles. The van der Waals surface area contributed by atoms with E-state index in [1.165, 1.54) is 6.92 Å². The van der Waals surface area contributed by atoms with Gasteiger partial charge in [0.2, 0.25) is 11.8 Å². The van der Waals surface area contributed by atoms with Crippen LogP contribution in [0.1, 0.15) is 26.3 Å². The Bertz CT molecular complexity index is 500. The van der Waals surface area contributed by atoms with Crippen LogP contribution < -0.4 is 10.6 Å². The fourth-order valence-electron chi connectivity index (χ4n) is 1.60. The van der Waals surface area contributed by atoms with Gasteiger partial charge in [-0.1, -0.05) is 13.8 Å².